The second kappa shape index (κ2) is 9.02. The predicted molar refractivity (Wildman–Crippen MR) is 103 cm³/mol. The number of carbonyl (C=O) groups is 3. The summed E-state index contributed by atoms with van der Waals surface area (Å²) in [7, 11) is 1.57. The predicted octanol–water partition coefficient (Wildman–Crippen LogP) is 2.02. The molecule has 0 spiro atoms. The number of hydrogen-bond acceptors (Lipinski definition) is 3. The van der Waals surface area contributed by atoms with Crippen molar-refractivity contribution in [1.29, 1.82) is 0 Å². The van der Waals surface area contributed by atoms with Gasteiger partial charge in [-0.2, -0.15) is 0 Å². The first kappa shape index (κ1) is 19.4. The van der Waals surface area contributed by atoms with E-state index in [2.05, 4.69) is 10.6 Å². The smallest absolute Gasteiger partial charge is 0.246 e. The van der Waals surface area contributed by atoms with Gasteiger partial charge in [0.25, 0.3) is 0 Å². The van der Waals surface area contributed by atoms with E-state index in [0.717, 1.165) is 31.2 Å². The summed E-state index contributed by atoms with van der Waals surface area (Å²) in [5, 5.41) is 5.52. The summed E-state index contributed by atoms with van der Waals surface area (Å²) in [6.07, 6.45) is 5.61. The minimum absolute atomic E-state index is 0.111. The van der Waals surface area contributed by atoms with Crippen LogP contribution in [-0.4, -0.2) is 42.8 Å². The first-order valence-electron chi connectivity index (χ1n) is 9.96. The van der Waals surface area contributed by atoms with E-state index in [4.69, 9.17) is 0 Å². The average Bonchev–Trinajstić information content (AvgIpc) is 3.26. The largest absolute Gasteiger partial charge is 0.357 e. The van der Waals surface area contributed by atoms with Crippen LogP contribution in [0.4, 0.5) is 0 Å². The number of likely N-dealkylation sites (N-methyl/N-ethyl adjacent to an activating group) is 1. The molecule has 1 aliphatic heterocycles. The highest BCUT2D eigenvalue weighted by molar-refractivity contribution is 5.89. The van der Waals surface area contributed by atoms with Crippen LogP contribution < -0.4 is 10.6 Å². The van der Waals surface area contributed by atoms with Crippen LogP contribution in [0.25, 0.3) is 0 Å². The number of carbonyl (C=O) groups excluding carboxylic acids is 3. The van der Waals surface area contributed by atoms with Gasteiger partial charge in [-0.1, -0.05) is 43.2 Å². The molecular weight excluding hydrogens is 342 g/mol. The van der Waals surface area contributed by atoms with Crippen LogP contribution in [0.1, 0.15) is 50.1 Å². The number of benzene rings is 1. The van der Waals surface area contributed by atoms with Gasteiger partial charge in [-0.3, -0.25) is 14.4 Å². The van der Waals surface area contributed by atoms with Crippen LogP contribution >= 0.6 is 0 Å². The third kappa shape index (κ3) is 4.67. The summed E-state index contributed by atoms with van der Waals surface area (Å²) >= 11 is 0. The zero-order chi connectivity index (χ0) is 19.2. The van der Waals surface area contributed by atoms with Gasteiger partial charge in [0.05, 0.1) is 0 Å². The molecule has 1 aliphatic carbocycles. The molecule has 1 aromatic carbocycles. The number of amides is 3. The van der Waals surface area contributed by atoms with Crippen molar-refractivity contribution >= 4 is 17.7 Å². The Morgan fingerprint density at radius 1 is 0.963 bits per heavy atom. The van der Waals surface area contributed by atoms with Crippen molar-refractivity contribution < 1.29 is 14.4 Å². The molecule has 3 amide bonds. The van der Waals surface area contributed by atoms with Crippen molar-refractivity contribution in [2.24, 2.45) is 11.8 Å². The molecule has 1 atom stereocenters. The zero-order valence-corrected chi connectivity index (χ0v) is 15.9. The van der Waals surface area contributed by atoms with Gasteiger partial charge in [-0.25, -0.2) is 0 Å². The molecule has 2 aliphatic rings. The second-order valence-electron chi connectivity index (χ2n) is 7.55. The third-order valence-corrected chi connectivity index (χ3v) is 5.81. The average molecular weight is 371 g/mol. The van der Waals surface area contributed by atoms with Gasteiger partial charge in [0, 0.05) is 32.0 Å². The summed E-state index contributed by atoms with van der Waals surface area (Å²) < 4.78 is 0. The molecule has 6 heteroatoms. The number of likely N-dealkylation sites (tertiary alicyclic amines) is 1. The highest BCUT2D eigenvalue weighted by Gasteiger charge is 2.33. The molecule has 0 aromatic heterocycles. The zero-order valence-electron chi connectivity index (χ0n) is 15.9. The van der Waals surface area contributed by atoms with Crippen LogP contribution in [0, 0.1) is 11.8 Å². The van der Waals surface area contributed by atoms with Crippen molar-refractivity contribution in [3.63, 3.8) is 0 Å². The quantitative estimate of drug-likeness (QED) is 0.831. The number of nitrogens with zero attached hydrogens (tertiary/aromatic N) is 1. The topological polar surface area (TPSA) is 78.5 Å². The molecule has 1 aromatic rings. The summed E-state index contributed by atoms with van der Waals surface area (Å²) in [5.41, 5.74) is 0.763. The maximum absolute atomic E-state index is 12.7. The molecule has 1 heterocycles. The first-order valence-corrected chi connectivity index (χ1v) is 9.96. The van der Waals surface area contributed by atoms with E-state index in [0.29, 0.717) is 25.9 Å². The molecule has 2 fully saturated rings. The Hall–Kier alpha value is -2.37. The lowest BCUT2D eigenvalue weighted by Gasteiger charge is -2.33. The van der Waals surface area contributed by atoms with Crippen LogP contribution in [0.15, 0.2) is 30.3 Å². The summed E-state index contributed by atoms with van der Waals surface area (Å²) in [6, 6.07) is 8.56. The van der Waals surface area contributed by atoms with Crippen LogP contribution in [-0.2, 0) is 14.4 Å². The Kier molecular flexibility index (Phi) is 6.48. The first-order chi connectivity index (χ1) is 13.1. The normalized spacial score (nSPS) is 19.5. The molecule has 1 saturated carbocycles. The fraction of sp³-hybridized carbons (Fsp3) is 0.571. The van der Waals surface area contributed by atoms with E-state index >= 15 is 0 Å². The minimum Gasteiger partial charge on any atom is -0.357 e. The van der Waals surface area contributed by atoms with Gasteiger partial charge >= 0.3 is 0 Å². The van der Waals surface area contributed by atoms with Gasteiger partial charge in [-0.05, 0) is 31.2 Å². The maximum Gasteiger partial charge on any atom is 0.246 e. The minimum atomic E-state index is -0.693. The monoisotopic (exact) mass is 371 g/mol. The second-order valence-corrected chi connectivity index (χ2v) is 7.55. The van der Waals surface area contributed by atoms with Gasteiger partial charge in [0.15, 0.2) is 0 Å². The van der Waals surface area contributed by atoms with Crippen molar-refractivity contribution in [3.8, 4) is 0 Å². The molecule has 27 heavy (non-hydrogen) atoms. The molecule has 3 rings (SSSR count). The number of piperidine rings is 1. The van der Waals surface area contributed by atoms with Gasteiger partial charge in [-0.15, -0.1) is 0 Å². The van der Waals surface area contributed by atoms with Gasteiger partial charge in [0.1, 0.15) is 6.04 Å². The van der Waals surface area contributed by atoms with Gasteiger partial charge < -0.3 is 15.5 Å². The molecule has 146 valence electrons. The molecule has 0 radical (unpaired) electrons. The number of hydrogen-bond donors (Lipinski definition) is 2. The number of nitrogens with one attached hydrogen (secondary N) is 2. The summed E-state index contributed by atoms with van der Waals surface area (Å²) in [6.45, 7) is 1.26. The Bertz CT molecular complexity index is 663. The molecule has 0 bridgehead atoms. The number of rotatable bonds is 5. The Morgan fingerprint density at radius 3 is 2.19 bits per heavy atom. The van der Waals surface area contributed by atoms with Crippen molar-refractivity contribution in [1.82, 2.24) is 15.5 Å². The van der Waals surface area contributed by atoms with E-state index in [-0.39, 0.29) is 29.6 Å². The lowest BCUT2D eigenvalue weighted by Crippen LogP contribution is -2.47. The van der Waals surface area contributed by atoms with E-state index in [1.165, 1.54) is 0 Å². The Labute approximate surface area is 160 Å². The van der Waals surface area contributed by atoms with E-state index in [1.54, 1.807) is 7.05 Å². The summed E-state index contributed by atoms with van der Waals surface area (Å²) in [4.78, 5) is 39.4. The SMILES string of the molecule is CNC(=O)C(NC(=O)C1CCN(C(=O)C2CCCC2)CC1)c1ccccc1. The highest BCUT2D eigenvalue weighted by Crippen LogP contribution is 2.28. The Morgan fingerprint density at radius 2 is 1.59 bits per heavy atom. The lowest BCUT2D eigenvalue weighted by molar-refractivity contribution is -0.139. The third-order valence-electron chi connectivity index (χ3n) is 5.81. The van der Waals surface area contributed by atoms with E-state index < -0.39 is 6.04 Å². The molecule has 1 unspecified atom stereocenters. The molecule has 1 saturated heterocycles. The van der Waals surface area contributed by atoms with Gasteiger partial charge in [0.2, 0.25) is 17.7 Å². The molecule has 2 N–H and O–H groups in total. The molecular formula is C21H29N3O3. The van der Waals surface area contributed by atoms with Crippen LogP contribution in [0.3, 0.4) is 0 Å². The van der Waals surface area contributed by atoms with E-state index in [9.17, 15) is 14.4 Å². The summed E-state index contributed by atoms with van der Waals surface area (Å²) in [5.74, 6) is -0.0534. The fourth-order valence-electron chi connectivity index (χ4n) is 4.14. The standard InChI is InChI=1S/C21H29N3O3/c1-22-20(26)18(15-7-3-2-4-8-15)23-19(25)16-11-13-24(14-12-16)21(27)17-9-5-6-10-17/h2-4,7-8,16-18H,5-6,9-14H2,1H3,(H,22,26)(H,23,25). The van der Waals surface area contributed by atoms with Crippen LogP contribution in [0.2, 0.25) is 0 Å². The van der Waals surface area contributed by atoms with Crippen molar-refractivity contribution in [2.45, 2.75) is 44.6 Å². The lowest BCUT2D eigenvalue weighted by atomic mass is 9.93. The Balaban J connectivity index is 1.56. The maximum atomic E-state index is 12.7. The highest BCUT2D eigenvalue weighted by atomic mass is 16.2. The van der Waals surface area contributed by atoms with E-state index in [1.807, 2.05) is 35.2 Å². The fourth-order valence-corrected chi connectivity index (χ4v) is 4.14. The van der Waals surface area contributed by atoms with Crippen molar-refractivity contribution in [3.05, 3.63) is 35.9 Å². The molecule has 6 nitrogen and oxygen atoms in total. The van der Waals surface area contributed by atoms with Crippen LogP contribution in [0.5, 0.6) is 0 Å². The van der Waals surface area contributed by atoms with Crippen molar-refractivity contribution in [2.75, 3.05) is 20.1 Å².